The highest BCUT2D eigenvalue weighted by Gasteiger charge is 1.92. The van der Waals surface area contributed by atoms with Crippen LogP contribution < -0.4 is 5.69 Å². The molecule has 0 saturated heterocycles. The van der Waals surface area contributed by atoms with Crippen LogP contribution in [0.25, 0.3) is 5.65 Å². The molecule has 2 aromatic rings. The third-order valence-electron chi connectivity index (χ3n) is 1.40. The Labute approximate surface area is 74.3 Å². The van der Waals surface area contributed by atoms with Gasteiger partial charge in [0.05, 0.1) is 0 Å². The number of aromatic nitrogens is 3. The maximum absolute atomic E-state index is 11.0. The molecule has 0 bridgehead atoms. The molecule has 0 amide bonds. The molecule has 0 fully saturated rings. The molecular weight excluding hydrogens is 178 g/mol. The van der Waals surface area contributed by atoms with Crippen molar-refractivity contribution in [3.05, 3.63) is 41.2 Å². The van der Waals surface area contributed by atoms with E-state index >= 15 is 0 Å². The summed E-state index contributed by atoms with van der Waals surface area (Å²) >= 11 is 0. The van der Waals surface area contributed by atoms with Crippen LogP contribution in [0.2, 0.25) is 0 Å². The topological polar surface area (TPSA) is 47.3 Å². The highest BCUT2D eigenvalue weighted by atomic mass is 35.5. The van der Waals surface area contributed by atoms with E-state index in [9.17, 15) is 4.79 Å². The van der Waals surface area contributed by atoms with Crippen molar-refractivity contribution < 1.29 is 0 Å². The van der Waals surface area contributed by atoms with E-state index in [1.807, 2.05) is 6.07 Å². The highest BCUT2D eigenvalue weighted by Crippen LogP contribution is 1.91. The summed E-state index contributed by atoms with van der Waals surface area (Å²) in [6.45, 7) is 0. The number of rotatable bonds is 0. The minimum absolute atomic E-state index is 0. The minimum Gasteiger partial charge on any atom is -0.251 e. The molecule has 0 atom stereocenters. The van der Waals surface area contributed by atoms with Gasteiger partial charge in [-0.25, -0.2) is 9.78 Å². The van der Waals surface area contributed by atoms with Crippen LogP contribution in [0.5, 0.6) is 0 Å². The lowest BCUT2D eigenvalue weighted by molar-refractivity contribution is 0.941. The van der Waals surface area contributed by atoms with Gasteiger partial charge < -0.3 is 0 Å². The number of halogens is 1. The average Bonchev–Trinajstić information content (AvgIpc) is 2.06. The molecule has 0 radical (unpaired) electrons. The van der Waals surface area contributed by atoms with E-state index in [1.165, 1.54) is 10.7 Å². The molecule has 4 nitrogen and oxygen atoms in total. The summed E-state index contributed by atoms with van der Waals surface area (Å²) in [5, 5.41) is 0. The molecule has 12 heavy (non-hydrogen) atoms. The first-order chi connectivity index (χ1) is 5.38. The van der Waals surface area contributed by atoms with E-state index in [0.29, 0.717) is 5.65 Å². The summed E-state index contributed by atoms with van der Waals surface area (Å²) in [4.78, 5) is 18.4. The summed E-state index contributed by atoms with van der Waals surface area (Å²) in [7, 11) is 0. The normalized spacial score (nSPS) is 9.33. The van der Waals surface area contributed by atoms with Crippen LogP contribution in [0.4, 0.5) is 0 Å². The van der Waals surface area contributed by atoms with Crippen LogP contribution in [-0.4, -0.2) is 14.4 Å². The van der Waals surface area contributed by atoms with Crippen molar-refractivity contribution in [3.8, 4) is 0 Å². The van der Waals surface area contributed by atoms with Gasteiger partial charge in [-0.1, -0.05) is 6.07 Å². The molecule has 2 heterocycles. The summed E-state index contributed by atoms with van der Waals surface area (Å²) in [6, 6.07) is 5.34. The lowest BCUT2D eigenvalue weighted by Gasteiger charge is -1.93. The Kier molecular flexibility index (Phi) is 2.40. The van der Waals surface area contributed by atoms with E-state index < -0.39 is 0 Å². The Morgan fingerprint density at radius 3 is 2.83 bits per heavy atom. The molecule has 0 unspecified atom stereocenters. The Morgan fingerprint density at radius 1 is 1.25 bits per heavy atom. The van der Waals surface area contributed by atoms with Crippen LogP contribution >= 0.6 is 12.4 Å². The van der Waals surface area contributed by atoms with Gasteiger partial charge >= 0.3 is 5.69 Å². The molecular formula is C7H6ClN3O. The fraction of sp³-hybridized carbons (Fsp3) is 0. The summed E-state index contributed by atoms with van der Waals surface area (Å²) in [5.74, 6) is 0. The van der Waals surface area contributed by atoms with Crippen LogP contribution in [0, 0.1) is 0 Å². The monoisotopic (exact) mass is 183 g/mol. The van der Waals surface area contributed by atoms with Gasteiger partial charge in [-0.15, -0.1) is 12.4 Å². The van der Waals surface area contributed by atoms with Crippen LogP contribution in [-0.2, 0) is 0 Å². The van der Waals surface area contributed by atoms with Gasteiger partial charge in [0.2, 0.25) is 0 Å². The average molecular weight is 184 g/mol. The first-order valence-electron chi connectivity index (χ1n) is 3.16. The predicted octanol–water partition coefficient (Wildman–Crippen LogP) is 0.511. The van der Waals surface area contributed by atoms with Crippen molar-refractivity contribution in [3.63, 3.8) is 0 Å². The minimum atomic E-state index is -0.296. The zero-order chi connectivity index (χ0) is 7.68. The zero-order valence-corrected chi connectivity index (χ0v) is 6.86. The first kappa shape index (κ1) is 8.67. The quantitative estimate of drug-likeness (QED) is 0.598. The van der Waals surface area contributed by atoms with Crippen molar-refractivity contribution in [2.45, 2.75) is 0 Å². The van der Waals surface area contributed by atoms with E-state index in [4.69, 9.17) is 0 Å². The fourth-order valence-corrected chi connectivity index (χ4v) is 0.901. The number of hydrogen-bond donors (Lipinski definition) is 0. The predicted molar refractivity (Wildman–Crippen MR) is 46.5 cm³/mol. The second kappa shape index (κ2) is 3.32. The van der Waals surface area contributed by atoms with Crippen molar-refractivity contribution in [2.24, 2.45) is 0 Å². The molecule has 0 N–H and O–H groups in total. The molecule has 2 rings (SSSR count). The highest BCUT2D eigenvalue weighted by molar-refractivity contribution is 5.85. The molecule has 0 aliphatic carbocycles. The maximum Gasteiger partial charge on any atom is 0.354 e. The molecule has 0 aliphatic rings. The maximum atomic E-state index is 11.0. The van der Waals surface area contributed by atoms with E-state index in [-0.39, 0.29) is 18.1 Å². The smallest absolute Gasteiger partial charge is 0.251 e. The van der Waals surface area contributed by atoms with Gasteiger partial charge in [-0.05, 0) is 12.1 Å². The van der Waals surface area contributed by atoms with Gasteiger partial charge in [-0.2, -0.15) is 4.98 Å². The van der Waals surface area contributed by atoms with Gasteiger partial charge in [0.1, 0.15) is 12.0 Å². The van der Waals surface area contributed by atoms with Crippen molar-refractivity contribution in [1.29, 1.82) is 0 Å². The largest absolute Gasteiger partial charge is 0.354 e. The Morgan fingerprint density at radius 2 is 2.08 bits per heavy atom. The van der Waals surface area contributed by atoms with Crippen molar-refractivity contribution >= 4 is 18.1 Å². The first-order valence-corrected chi connectivity index (χ1v) is 3.16. The van der Waals surface area contributed by atoms with Crippen molar-refractivity contribution in [2.75, 3.05) is 0 Å². The van der Waals surface area contributed by atoms with Crippen molar-refractivity contribution in [1.82, 2.24) is 14.4 Å². The Hall–Kier alpha value is -1.42. The lowest BCUT2D eigenvalue weighted by atomic mass is 10.5. The molecule has 62 valence electrons. The van der Waals surface area contributed by atoms with E-state index in [2.05, 4.69) is 9.97 Å². The lowest BCUT2D eigenvalue weighted by Crippen LogP contribution is -2.16. The third-order valence-corrected chi connectivity index (χ3v) is 1.40. The second-order valence-electron chi connectivity index (χ2n) is 2.09. The number of nitrogens with zero attached hydrogens (tertiary/aromatic N) is 3. The van der Waals surface area contributed by atoms with Gasteiger partial charge in [0, 0.05) is 6.20 Å². The summed E-state index contributed by atoms with van der Waals surface area (Å²) in [6.07, 6.45) is 2.90. The number of fused-ring (bicyclic) bond motifs is 1. The zero-order valence-electron chi connectivity index (χ0n) is 6.04. The second-order valence-corrected chi connectivity index (χ2v) is 2.09. The van der Waals surface area contributed by atoms with Crippen LogP contribution in [0.3, 0.4) is 0 Å². The fourth-order valence-electron chi connectivity index (χ4n) is 0.901. The third kappa shape index (κ3) is 1.29. The Balaban J connectivity index is 0.000000720. The summed E-state index contributed by atoms with van der Waals surface area (Å²) < 4.78 is 1.39. The van der Waals surface area contributed by atoms with E-state index in [0.717, 1.165) is 0 Å². The van der Waals surface area contributed by atoms with Gasteiger partial charge in [-0.3, -0.25) is 4.40 Å². The Bertz CT molecular complexity index is 434. The molecule has 0 saturated carbocycles. The van der Waals surface area contributed by atoms with Crippen LogP contribution in [0.15, 0.2) is 35.5 Å². The van der Waals surface area contributed by atoms with Gasteiger partial charge in [0.25, 0.3) is 0 Å². The molecule has 5 heteroatoms. The molecule has 0 aliphatic heterocycles. The van der Waals surface area contributed by atoms with E-state index in [1.54, 1.807) is 18.3 Å². The SMILES string of the molecule is Cl.O=c1ncnc2ccccn12. The molecule has 0 aromatic carbocycles. The van der Waals surface area contributed by atoms with Gasteiger partial charge in [0.15, 0.2) is 0 Å². The number of hydrogen-bond acceptors (Lipinski definition) is 3. The standard InChI is InChI=1S/C7H5N3O.ClH/c11-7-9-5-8-6-3-1-2-4-10(6)7;/h1-5H;1H. The molecule has 0 spiro atoms. The molecule has 2 aromatic heterocycles. The van der Waals surface area contributed by atoms with Crippen LogP contribution in [0.1, 0.15) is 0 Å². The number of pyridine rings is 1. The summed E-state index contributed by atoms with van der Waals surface area (Å²) in [5.41, 5.74) is 0.322.